The summed E-state index contributed by atoms with van der Waals surface area (Å²) in [4.78, 5) is 23.5. The van der Waals surface area contributed by atoms with Gasteiger partial charge in [0.05, 0.1) is 28.1 Å². The molecule has 0 radical (unpaired) electrons. The third-order valence-corrected chi connectivity index (χ3v) is 5.15. The lowest BCUT2D eigenvalue weighted by Gasteiger charge is -2.15. The molecule has 2 aromatic carbocycles. The van der Waals surface area contributed by atoms with Crippen LogP contribution in [-0.2, 0) is 0 Å². The number of primary amides is 1. The fourth-order valence-corrected chi connectivity index (χ4v) is 3.11. The molecule has 8 heteroatoms. The molecule has 1 aromatic heterocycles. The highest BCUT2D eigenvalue weighted by Crippen LogP contribution is 2.23. The number of halogens is 1. The molecule has 0 aliphatic heterocycles. The largest absolute Gasteiger partial charge is 0.351 e. The lowest BCUT2D eigenvalue weighted by Crippen LogP contribution is -2.26. The topological polar surface area (TPSA) is 102 Å². The number of nitrogens with two attached hydrogens (primary N) is 1. The van der Waals surface area contributed by atoms with Crippen molar-refractivity contribution in [2.75, 3.05) is 5.32 Å². The van der Waals surface area contributed by atoms with Gasteiger partial charge < -0.3 is 16.4 Å². The molecule has 7 nitrogen and oxygen atoms in total. The second-order valence-corrected chi connectivity index (χ2v) is 7.13. The van der Waals surface area contributed by atoms with Crippen molar-refractivity contribution in [3.05, 3.63) is 76.1 Å². The SMILES string of the molecule is Cc1nn(-c2ccc(C(=O)NC(C)c3ccc(NC(N)=O)cc3)cc2)c(C)c1Cl. The van der Waals surface area contributed by atoms with Gasteiger partial charge in [-0.2, -0.15) is 5.10 Å². The lowest BCUT2D eigenvalue weighted by molar-refractivity contribution is 0.0940. The standard InChI is InChI=1S/C21H22ClN5O2/c1-12(15-4-8-17(9-5-15)25-21(23)29)24-20(28)16-6-10-18(11-7-16)27-14(3)19(22)13(2)26-27/h4-12H,1-3H3,(H,24,28)(H3,23,25,29). The molecule has 29 heavy (non-hydrogen) atoms. The maximum absolute atomic E-state index is 12.6. The lowest BCUT2D eigenvalue weighted by atomic mass is 10.1. The number of urea groups is 1. The highest BCUT2D eigenvalue weighted by Gasteiger charge is 2.14. The number of nitrogens with zero attached hydrogens (tertiary/aromatic N) is 2. The van der Waals surface area contributed by atoms with E-state index in [-0.39, 0.29) is 11.9 Å². The van der Waals surface area contributed by atoms with Crippen LogP contribution in [0, 0.1) is 13.8 Å². The van der Waals surface area contributed by atoms with Gasteiger partial charge in [-0.25, -0.2) is 9.48 Å². The molecular weight excluding hydrogens is 390 g/mol. The van der Waals surface area contributed by atoms with Gasteiger partial charge in [-0.3, -0.25) is 4.79 Å². The molecule has 3 amide bonds. The van der Waals surface area contributed by atoms with E-state index < -0.39 is 6.03 Å². The predicted molar refractivity (Wildman–Crippen MR) is 114 cm³/mol. The van der Waals surface area contributed by atoms with Crippen molar-refractivity contribution in [3.8, 4) is 5.69 Å². The van der Waals surface area contributed by atoms with Crippen LogP contribution >= 0.6 is 11.6 Å². The van der Waals surface area contributed by atoms with E-state index in [2.05, 4.69) is 15.7 Å². The second kappa shape index (κ2) is 8.36. The maximum Gasteiger partial charge on any atom is 0.316 e. The van der Waals surface area contributed by atoms with Gasteiger partial charge in [-0.05, 0) is 62.7 Å². The van der Waals surface area contributed by atoms with Gasteiger partial charge in [0.25, 0.3) is 5.91 Å². The van der Waals surface area contributed by atoms with Crippen molar-refractivity contribution in [2.45, 2.75) is 26.8 Å². The Balaban J connectivity index is 1.68. The number of rotatable bonds is 5. The number of amides is 3. The van der Waals surface area contributed by atoms with E-state index in [1.54, 1.807) is 28.9 Å². The van der Waals surface area contributed by atoms with Crippen LogP contribution in [0.25, 0.3) is 5.69 Å². The zero-order chi connectivity index (χ0) is 21.1. The molecule has 1 heterocycles. The van der Waals surface area contributed by atoms with E-state index in [1.807, 2.05) is 45.0 Å². The molecule has 3 aromatic rings. The van der Waals surface area contributed by atoms with Crippen molar-refractivity contribution < 1.29 is 9.59 Å². The molecule has 150 valence electrons. The van der Waals surface area contributed by atoms with Crippen LogP contribution < -0.4 is 16.4 Å². The molecule has 0 spiro atoms. The highest BCUT2D eigenvalue weighted by atomic mass is 35.5. The Hall–Kier alpha value is -3.32. The van der Waals surface area contributed by atoms with Crippen molar-refractivity contribution in [2.24, 2.45) is 5.73 Å². The van der Waals surface area contributed by atoms with Crippen LogP contribution in [-0.4, -0.2) is 21.7 Å². The van der Waals surface area contributed by atoms with Crippen molar-refractivity contribution in [1.82, 2.24) is 15.1 Å². The van der Waals surface area contributed by atoms with E-state index in [4.69, 9.17) is 17.3 Å². The molecular formula is C21H22ClN5O2. The Labute approximate surface area is 173 Å². The van der Waals surface area contributed by atoms with Crippen molar-refractivity contribution in [1.29, 1.82) is 0 Å². The average Bonchev–Trinajstić information content (AvgIpc) is 2.95. The van der Waals surface area contributed by atoms with Crippen LogP contribution in [0.3, 0.4) is 0 Å². The van der Waals surface area contributed by atoms with E-state index in [0.29, 0.717) is 16.3 Å². The van der Waals surface area contributed by atoms with E-state index in [1.165, 1.54) is 0 Å². The average molecular weight is 412 g/mol. The molecule has 0 aliphatic rings. The van der Waals surface area contributed by atoms with Crippen LogP contribution in [0.2, 0.25) is 5.02 Å². The monoisotopic (exact) mass is 411 g/mol. The molecule has 0 aliphatic carbocycles. The minimum Gasteiger partial charge on any atom is -0.351 e. The molecule has 1 atom stereocenters. The predicted octanol–water partition coefficient (Wildman–Crippen LogP) is 4.12. The molecule has 0 saturated carbocycles. The first kappa shape index (κ1) is 20.4. The Kier molecular flexibility index (Phi) is 5.89. The smallest absolute Gasteiger partial charge is 0.316 e. The Bertz CT molecular complexity index is 1040. The summed E-state index contributed by atoms with van der Waals surface area (Å²) < 4.78 is 1.75. The van der Waals surface area contributed by atoms with Gasteiger partial charge in [-0.15, -0.1) is 0 Å². The normalized spacial score (nSPS) is 11.7. The zero-order valence-electron chi connectivity index (χ0n) is 16.4. The molecule has 0 bridgehead atoms. The maximum atomic E-state index is 12.6. The molecule has 1 unspecified atom stereocenters. The fourth-order valence-electron chi connectivity index (χ4n) is 2.99. The number of aryl methyl sites for hydroxylation is 1. The summed E-state index contributed by atoms with van der Waals surface area (Å²) in [5.41, 5.74) is 9.59. The zero-order valence-corrected chi connectivity index (χ0v) is 17.1. The minimum atomic E-state index is -0.620. The first-order valence-corrected chi connectivity index (χ1v) is 9.43. The molecule has 0 saturated heterocycles. The molecule has 3 rings (SSSR count). The van der Waals surface area contributed by atoms with Crippen LogP contribution in [0.5, 0.6) is 0 Å². The highest BCUT2D eigenvalue weighted by molar-refractivity contribution is 6.31. The van der Waals surface area contributed by atoms with Gasteiger partial charge in [0.2, 0.25) is 0 Å². The first-order valence-electron chi connectivity index (χ1n) is 9.05. The van der Waals surface area contributed by atoms with Gasteiger partial charge in [0.15, 0.2) is 0 Å². The number of aromatic nitrogens is 2. The molecule has 4 N–H and O–H groups in total. The summed E-state index contributed by atoms with van der Waals surface area (Å²) >= 11 is 6.21. The van der Waals surface area contributed by atoms with Crippen molar-refractivity contribution >= 4 is 29.2 Å². The van der Waals surface area contributed by atoms with Crippen LogP contribution in [0.1, 0.15) is 40.3 Å². The third kappa shape index (κ3) is 4.57. The Morgan fingerprint density at radius 3 is 2.21 bits per heavy atom. The van der Waals surface area contributed by atoms with Gasteiger partial charge in [0, 0.05) is 11.3 Å². The summed E-state index contributed by atoms with van der Waals surface area (Å²) in [6.45, 7) is 5.64. The summed E-state index contributed by atoms with van der Waals surface area (Å²) in [7, 11) is 0. The Morgan fingerprint density at radius 1 is 1.07 bits per heavy atom. The number of hydrogen-bond donors (Lipinski definition) is 3. The quantitative estimate of drug-likeness (QED) is 0.588. The minimum absolute atomic E-state index is 0.185. The van der Waals surface area contributed by atoms with Crippen LogP contribution in [0.15, 0.2) is 48.5 Å². The Morgan fingerprint density at radius 2 is 1.69 bits per heavy atom. The summed E-state index contributed by atoms with van der Waals surface area (Å²) in [6, 6.07) is 13.5. The number of hydrogen-bond acceptors (Lipinski definition) is 3. The van der Waals surface area contributed by atoms with Gasteiger partial charge >= 0.3 is 6.03 Å². The summed E-state index contributed by atoms with van der Waals surface area (Å²) in [5, 5.41) is 10.5. The van der Waals surface area contributed by atoms with E-state index in [9.17, 15) is 9.59 Å². The number of carbonyl (C=O) groups excluding carboxylic acids is 2. The first-order chi connectivity index (χ1) is 13.8. The molecule has 0 fully saturated rings. The van der Waals surface area contributed by atoms with E-state index in [0.717, 1.165) is 22.6 Å². The van der Waals surface area contributed by atoms with E-state index >= 15 is 0 Å². The number of nitrogens with one attached hydrogen (secondary N) is 2. The number of benzene rings is 2. The number of anilines is 1. The van der Waals surface area contributed by atoms with Crippen molar-refractivity contribution in [3.63, 3.8) is 0 Å². The summed E-state index contributed by atoms with van der Waals surface area (Å²) in [6.07, 6.45) is 0. The fraction of sp³-hybridized carbons (Fsp3) is 0.190. The number of carbonyl (C=O) groups is 2. The van der Waals surface area contributed by atoms with Crippen LogP contribution in [0.4, 0.5) is 10.5 Å². The van der Waals surface area contributed by atoms with Gasteiger partial charge in [-0.1, -0.05) is 23.7 Å². The summed E-state index contributed by atoms with van der Waals surface area (Å²) in [5.74, 6) is -0.185. The third-order valence-electron chi connectivity index (χ3n) is 4.60. The van der Waals surface area contributed by atoms with Gasteiger partial charge in [0.1, 0.15) is 0 Å². The second-order valence-electron chi connectivity index (χ2n) is 6.75.